The molecule has 1 aromatic carbocycles. The van der Waals surface area contributed by atoms with Gasteiger partial charge in [0.1, 0.15) is 5.75 Å². The first-order valence-electron chi connectivity index (χ1n) is 7.28. The molecule has 0 spiro atoms. The summed E-state index contributed by atoms with van der Waals surface area (Å²) in [6, 6.07) is 7.59. The molecule has 1 aromatic rings. The number of carbonyl (C=O) groups is 1. The van der Waals surface area contributed by atoms with Gasteiger partial charge in [0, 0.05) is 19.0 Å². The van der Waals surface area contributed by atoms with Crippen LogP contribution in [0.4, 0.5) is 0 Å². The molecule has 2 aliphatic rings. The first-order chi connectivity index (χ1) is 9.62. The van der Waals surface area contributed by atoms with Gasteiger partial charge in [-0.2, -0.15) is 0 Å². The average molecular weight is 275 g/mol. The standard InChI is InChI=1S/C16H21NO3/c1-20-14-4-2-3-13(11-14)16(19)7-9-17(10-8-16)15(18)12-5-6-12/h2-4,11-12,19H,5-10H2,1H3. The molecule has 0 bridgehead atoms. The van der Waals surface area contributed by atoms with Crippen molar-refractivity contribution >= 4 is 5.91 Å². The maximum Gasteiger partial charge on any atom is 0.225 e. The van der Waals surface area contributed by atoms with E-state index in [2.05, 4.69) is 0 Å². The van der Waals surface area contributed by atoms with Gasteiger partial charge in [0.2, 0.25) is 5.91 Å². The molecular weight excluding hydrogens is 254 g/mol. The van der Waals surface area contributed by atoms with Crippen LogP contribution in [-0.4, -0.2) is 36.1 Å². The van der Waals surface area contributed by atoms with Crippen molar-refractivity contribution in [1.82, 2.24) is 4.90 Å². The molecule has 3 rings (SSSR count). The Hall–Kier alpha value is -1.55. The maximum absolute atomic E-state index is 12.0. The molecule has 20 heavy (non-hydrogen) atoms. The quantitative estimate of drug-likeness (QED) is 0.917. The molecule has 0 radical (unpaired) electrons. The second-order valence-electron chi connectivity index (χ2n) is 5.86. The Morgan fingerprint density at radius 3 is 2.65 bits per heavy atom. The van der Waals surface area contributed by atoms with Crippen LogP contribution in [0.3, 0.4) is 0 Å². The number of hydrogen-bond donors (Lipinski definition) is 1. The molecule has 1 amide bonds. The molecule has 108 valence electrons. The number of carbonyl (C=O) groups excluding carboxylic acids is 1. The number of ether oxygens (including phenoxy) is 1. The van der Waals surface area contributed by atoms with E-state index < -0.39 is 5.60 Å². The summed E-state index contributed by atoms with van der Waals surface area (Å²) in [7, 11) is 1.63. The first-order valence-corrected chi connectivity index (χ1v) is 7.28. The third kappa shape index (κ3) is 2.52. The van der Waals surface area contributed by atoms with E-state index in [0.717, 1.165) is 24.2 Å². The SMILES string of the molecule is COc1cccc(C2(O)CCN(C(=O)C3CC3)CC2)c1. The highest BCUT2D eigenvalue weighted by Gasteiger charge is 2.39. The molecule has 1 heterocycles. The highest BCUT2D eigenvalue weighted by molar-refractivity contribution is 5.81. The van der Waals surface area contributed by atoms with Crippen LogP contribution in [0, 0.1) is 5.92 Å². The van der Waals surface area contributed by atoms with Gasteiger partial charge in [-0.1, -0.05) is 12.1 Å². The Balaban J connectivity index is 1.69. The largest absolute Gasteiger partial charge is 0.497 e. The number of piperidine rings is 1. The summed E-state index contributed by atoms with van der Waals surface area (Å²) in [6.45, 7) is 1.28. The number of hydrogen-bond acceptors (Lipinski definition) is 3. The van der Waals surface area contributed by atoms with Gasteiger partial charge in [0.05, 0.1) is 12.7 Å². The molecular formula is C16H21NO3. The summed E-state index contributed by atoms with van der Waals surface area (Å²) in [4.78, 5) is 13.9. The van der Waals surface area contributed by atoms with Crippen LogP contribution < -0.4 is 4.74 Å². The fourth-order valence-corrected chi connectivity index (χ4v) is 2.89. The maximum atomic E-state index is 12.0. The van der Waals surface area contributed by atoms with Crippen molar-refractivity contribution in [3.05, 3.63) is 29.8 Å². The Morgan fingerprint density at radius 2 is 2.05 bits per heavy atom. The Morgan fingerprint density at radius 1 is 1.35 bits per heavy atom. The van der Waals surface area contributed by atoms with Gasteiger partial charge in [-0.25, -0.2) is 0 Å². The molecule has 1 aliphatic carbocycles. The van der Waals surface area contributed by atoms with Gasteiger partial charge in [-0.3, -0.25) is 4.79 Å². The zero-order chi connectivity index (χ0) is 14.2. The van der Waals surface area contributed by atoms with Crippen LogP contribution in [0.25, 0.3) is 0 Å². The van der Waals surface area contributed by atoms with Crippen molar-refractivity contribution < 1.29 is 14.6 Å². The molecule has 4 heteroatoms. The average Bonchev–Trinajstić information content (AvgIpc) is 3.32. The van der Waals surface area contributed by atoms with Crippen LogP contribution >= 0.6 is 0 Å². The van der Waals surface area contributed by atoms with Gasteiger partial charge in [-0.15, -0.1) is 0 Å². The molecule has 2 fully saturated rings. The zero-order valence-electron chi connectivity index (χ0n) is 11.8. The van der Waals surface area contributed by atoms with Gasteiger partial charge in [-0.05, 0) is 43.4 Å². The van der Waals surface area contributed by atoms with Gasteiger partial charge >= 0.3 is 0 Å². The Labute approximate surface area is 119 Å². The molecule has 1 saturated heterocycles. The minimum atomic E-state index is -0.838. The highest BCUT2D eigenvalue weighted by atomic mass is 16.5. The van der Waals surface area contributed by atoms with E-state index in [4.69, 9.17) is 4.74 Å². The predicted octanol–water partition coefficient (Wildman–Crippen LogP) is 1.92. The lowest BCUT2D eigenvalue weighted by Crippen LogP contribution is -2.45. The molecule has 1 N–H and O–H groups in total. The summed E-state index contributed by atoms with van der Waals surface area (Å²) >= 11 is 0. The zero-order valence-corrected chi connectivity index (χ0v) is 11.8. The van der Waals surface area contributed by atoms with Gasteiger partial charge in [0.25, 0.3) is 0 Å². The van der Waals surface area contributed by atoms with Crippen molar-refractivity contribution in [2.45, 2.75) is 31.3 Å². The Bertz CT molecular complexity index is 502. The van der Waals surface area contributed by atoms with E-state index in [1.54, 1.807) is 7.11 Å². The number of rotatable bonds is 3. The van der Waals surface area contributed by atoms with Crippen LogP contribution in [0.15, 0.2) is 24.3 Å². The van der Waals surface area contributed by atoms with Crippen LogP contribution in [0.5, 0.6) is 5.75 Å². The summed E-state index contributed by atoms with van der Waals surface area (Å²) in [5.74, 6) is 1.29. The number of aliphatic hydroxyl groups is 1. The fourth-order valence-electron chi connectivity index (χ4n) is 2.89. The fraction of sp³-hybridized carbons (Fsp3) is 0.562. The van der Waals surface area contributed by atoms with E-state index in [0.29, 0.717) is 25.9 Å². The molecule has 0 aromatic heterocycles. The van der Waals surface area contributed by atoms with Crippen molar-refractivity contribution in [3.8, 4) is 5.75 Å². The topological polar surface area (TPSA) is 49.8 Å². The van der Waals surface area contributed by atoms with E-state index in [9.17, 15) is 9.90 Å². The van der Waals surface area contributed by atoms with Crippen molar-refractivity contribution in [1.29, 1.82) is 0 Å². The molecule has 1 aliphatic heterocycles. The van der Waals surface area contributed by atoms with Crippen molar-refractivity contribution in [3.63, 3.8) is 0 Å². The van der Waals surface area contributed by atoms with Crippen molar-refractivity contribution in [2.24, 2.45) is 5.92 Å². The molecule has 4 nitrogen and oxygen atoms in total. The summed E-state index contributed by atoms with van der Waals surface area (Å²) in [6.07, 6.45) is 3.27. The smallest absolute Gasteiger partial charge is 0.225 e. The van der Waals surface area contributed by atoms with Crippen LogP contribution in [0.2, 0.25) is 0 Å². The Kier molecular flexibility index (Phi) is 3.42. The lowest BCUT2D eigenvalue weighted by molar-refractivity contribution is -0.137. The van der Waals surface area contributed by atoms with E-state index in [1.807, 2.05) is 29.2 Å². The summed E-state index contributed by atoms with van der Waals surface area (Å²) in [5, 5.41) is 10.8. The molecule has 0 atom stereocenters. The van der Waals surface area contributed by atoms with E-state index in [-0.39, 0.29) is 11.8 Å². The molecule has 0 unspecified atom stereocenters. The third-order valence-corrected chi connectivity index (χ3v) is 4.44. The number of methoxy groups -OCH3 is 1. The minimum absolute atomic E-state index is 0.262. The van der Waals surface area contributed by atoms with Crippen LogP contribution in [0.1, 0.15) is 31.2 Å². The second kappa shape index (κ2) is 5.09. The van der Waals surface area contributed by atoms with Crippen LogP contribution in [-0.2, 0) is 10.4 Å². The first kappa shape index (κ1) is 13.4. The lowest BCUT2D eigenvalue weighted by atomic mass is 9.84. The van der Waals surface area contributed by atoms with Crippen molar-refractivity contribution in [2.75, 3.05) is 20.2 Å². The monoisotopic (exact) mass is 275 g/mol. The van der Waals surface area contributed by atoms with Gasteiger partial charge in [0.15, 0.2) is 0 Å². The highest BCUT2D eigenvalue weighted by Crippen LogP contribution is 2.37. The summed E-state index contributed by atoms with van der Waals surface area (Å²) in [5.41, 5.74) is 0.0462. The van der Waals surface area contributed by atoms with E-state index >= 15 is 0 Å². The minimum Gasteiger partial charge on any atom is -0.497 e. The number of nitrogens with zero attached hydrogens (tertiary/aromatic N) is 1. The normalized spacial score (nSPS) is 21.6. The number of benzene rings is 1. The predicted molar refractivity (Wildman–Crippen MR) is 75.4 cm³/mol. The third-order valence-electron chi connectivity index (χ3n) is 4.44. The number of amides is 1. The van der Waals surface area contributed by atoms with E-state index in [1.165, 1.54) is 0 Å². The van der Waals surface area contributed by atoms with Gasteiger partial charge < -0.3 is 14.7 Å². The number of likely N-dealkylation sites (tertiary alicyclic amines) is 1. The summed E-state index contributed by atoms with van der Waals surface area (Å²) < 4.78 is 5.21. The lowest BCUT2D eigenvalue weighted by Gasteiger charge is -2.38. The second-order valence-corrected chi connectivity index (χ2v) is 5.86. The molecule has 1 saturated carbocycles.